The van der Waals surface area contributed by atoms with Crippen LogP contribution < -0.4 is 0 Å². The maximum absolute atomic E-state index is 5.28. The van der Waals surface area contributed by atoms with Gasteiger partial charge in [0.1, 0.15) is 0 Å². The van der Waals surface area contributed by atoms with Crippen LogP contribution in [0.3, 0.4) is 0 Å². The monoisotopic (exact) mass is 165 g/mol. The first kappa shape index (κ1) is 9.23. The highest BCUT2D eigenvalue weighted by Crippen LogP contribution is 1.99. The highest BCUT2D eigenvalue weighted by Gasteiger charge is 1.92. The molecule has 0 aromatic heterocycles. The largest absolute Gasteiger partial charge is 0.299 e. The zero-order valence-electron chi connectivity index (χ0n) is 7.66. The third-order valence-corrected chi connectivity index (χ3v) is 1.58. The molecule has 0 saturated carbocycles. The van der Waals surface area contributed by atoms with E-state index in [-0.39, 0.29) is 0 Å². The quantitative estimate of drug-likeness (QED) is 0.630. The van der Waals surface area contributed by atoms with Gasteiger partial charge in [-0.05, 0) is 12.0 Å². The second-order valence-corrected chi connectivity index (χ2v) is 2.88. The third-order valence-electron chi connectivity index (χ3n) is 1.58. The molecule has 0 aliphatic heterocycles. The molecule has 1 aromatic carbocycles. The van der Waals surface area contributed by atoms with Crippen LogP contribution in [0.5, 0.6) is 0 Å². The SMILES string of the molecule is CN(C)OCCc1ccccc1. The Labute approximate surface area is 73.7 Å². The van der Waals surface area contributed by atoms with Gasteiger partial charge in [0.05, 0.1) is 6.61 Å². The summed E-state index contributed by atoms with van der Waals surface area (Å²) in [5.74, 6) is 0. The van der Waals surface area contributed by atoms with E-state index in [2.05, 4.69) is 12.1 Å². The molecule has 0 N–H and O–H groups in total. The molecule has 0 saturated heterocycles. The molecule has 0 amide bonds. The predicted molar refractivity (Wildman–Crippen MR) is 49.8 cm³/mol. The van der Waals surface area contributed by atoms with Gasteiger partial charge >= 0.3 is 0 Å². The summed E-state index contributed by atoms with van der Waals surface area (Å²) in [6.45, 7) is 0.747. The first-order chi connectivity index (χ1) is 5.79. The molecule has 0 radical (unpaired) electrons. The van der Waals surface area contributed by atoms with Gasteiger partial charge in [-0.1, -0.05) is 30.3 Å². The van der Waals surface area contributed by atoms with Gasteiger partial charge in [0, 0.05) is 14.1 Å². The Morgan fingerprint density at radius 1 is 1.17 bits per heavy atom. The van der Waals surface area contributed by atoms with Crippen molar-refractivity contribution in [2.24, 2.45) is 0 Å². The normalized spacial score (nSPS) is 10.6. The molecular formula is C10H15NO. The molecule has 0 fully saturated rings. The van der Waals surface area contributed by atoms with Crippen LogP contribution in [0.1, 0.15) is 5.56 Å². The Hall–Kier alpha value is -0.860. The van der Waals surface area contributed by atoms with Crippen LogP contribution in [0.4, 0.5) is 0 Å². The molecule has 12 heavy (non-hydrogen) atoms. The second kappa shape index (κ2) is 4.91. The number of rotatable bonds is 4. The fourth-order valence-electron chi connectivity index (χ4n) is 0.991. The van der Waals surface area contributed by atoms with Crippen molar-refractivity contribution >= 4 is 0 Å². The Morgan fingerprint density at radius 2 is 1.83 bits per heavy atom. The van der Waals surface area contributed by atoms with Gasteiger partial charge in [0.15, 0.2) is 0 Å². The minimum absolute atomic E-state index is 0.747. The summed E-state index contributed by atoms with van der Waals surface area (Å²) in [6, 6.07) is 10.3. The minimum Gasteiger partial charge on any atom is -0.299 e. The number of nitrogens with zero attached hydrogens (tertiary/aromatic N) is 1. The lowest BCUT2D eigenvalue weighted by Gasteiger charge is -2.09. The van der Waals surface area contributed by atoms with Crippen LogP contribution in [0.15, 0.2) is 30.3 Å². The zero-order valence-corrected chi connectivity index (χ0v) is 7.66. The molecule has 2 heteroatoms. The molecule has 0 unspecified atom stereocenters. The van der Waals surface area contributed by atoms with Crippen LogP contribution in [-0.4, -0.2) is 25.8 Å². The first-order valence-corrected chi connectivity index (χ1v) is 4.13. The Kier molecular flexibility index (Phi) is 3.77. The predicted octanol–water partition coefficient (Wildman–Crippen LogP) is 1.72. The molecular weight excluding hydrogens is 150 g/mol. The summed E-state index contributed by atoms with van der Waals surface area (Å²) in [7, 11) is 3.79. The summed E-state index contributed by atoms with van der Waals surface area (Å²) < 4.78 is 0. The van der Waals surface area contributed by atoms with Crippen molar-refractivity contribution in [1.29, 1.82) is 0 Å². The van der Waals surface area contributed by atoms with Crippen LogP contribution in [0.2, 0.25) is 0 Å². The fourth-order valence-corrected chi connectivity index (χ4v) is 0.991. The highest BCUT2D eigenvalue weighted by molar-refractivity contribution is 5.14. The second-order valence-electron chi connectivity index (χ2n) is 2.88. The molecule has 0 bridgehead atoms. The number of hydrogen-bond donors (Lipinski definition) is 0. The Balaban J connectivity index is 2.25. The highest BCUT2D eigenvalue weighted by atomic mass is 16.7. The van der Waals surface area contributed by atoms with E-state index in [1.54, 1.807) is 5.06 Å². The summed E-state index contributed by atoms with van der Waals surface area (Å²) in [6.07, 6.45) is 0.971. The minimum atomic E-state index is 0.747. The smallest absolute Gasteiger partial charge is 0.0725 e. The fraction of sp³-hybridized carbons (Fsp3) is 0.400. The van der Waals surface area contributed by atoms with E-state index in [0.717, 1.165) is 13.0 Å². The molecule has 1 rings (SSSR count). The maximum Gasteiger partial charge on any atom is 0.0725 e. The Bertz CT molecular complexity index is 208. The molecule has 1 aromatic rings. The van der Waals surface area contributed by atoms with Gasteiger partial charge in [-0.25, -0.2) is 0 Å². The zero-order chi connectivity index (χ0) is 8.81. The van der Waals surface area contributed by atoms with Gasteiger partial charge in [-0.2, -0.15) is 5.06 Å². The van der Waals surface area contributed by atoms with Gasteiger partial charge in [0.25, 0.3) is 0 Å². The molecule has 0 heterocycles. The molecule has 2 nitrogen and oxygen atoms in total. The van der Waals surface area contributed by atoms with Crippen molar-refractivity contribution in [3.05, 3.63) is 35.9 Å². The van der Waals surface area contributed by atoms with Crippen molar-refractivity contribution in [2.45, 2.75) is 6.42 Å². The standard InChI is InChI=1S/C10H15NO/c1-11(2)12-9-8-10-6-4-3-5-7-10/h3-7H,8-9H2,1-2H3. The van der Waals surface area contributed by atoms with E-state index in [1.807, 2.05) is 32.3 Å². The lowest BCUT2D eigenvalue weighted by molar-refractivity contribution is -0.118. The summed E-state index contributed by atoms with van der Waals surface area (Å²) in [5, 5.41) is 1.73. The molecule has 66 valence electrons. The summed E-state index contributed by atoms with van der Waals surface area (Å²) >= 11 is 0. The number of hydrogen-bond acceptors (Lipinski definition) is 2. The van der Waals surface area contributed by atoms with E-state index in [1.165, 1.54) is 5.56 Å². The van der Waals surface area contributed by atoms with Gasteiger partial charge in [0.2, 0.25) is 0 Å². The Morgan fingerprint density at radius 3 is 2.42 bits per heavy atom. The van der Waals surface area contributed by atoms with Crippen molar-refractivity contribution < 1.29 is 4.84 Å². The average Bonchev–Trinajstić information content (AvgIpc) is 2.05. The van der Waals surface area contributed by atoms with E-state index in [0.29, 0.717) is 0 Å². The first-order valence-electron chi connectivity index (χ1n) is 4.13. The summed E-state index contributed by atoms with van der Waals surface area (Å²) in [4.78, 5) is 5.28. The van der Waals surface area contributed by atoms with Crippen LogP contribution in [-0.2, 0) is 11.3 Å². The van der Waals surface area contributed by atoms with Crippen molar-refractivity contribution in [3.8, 4) is 0 Å². The van der Waals surface area contributed by atoms with E-state index < -0.39 is 0 Å². The van der Waals surface area contributed by atoms with Crippen LogP contribution in [0, 0.1) is 0 Å². The molecule has 0 aliphatic rings. The van der Waals surface area contributed by atoms with Crippen molar-refractivity contribution in [2.75, 3.05) is 20.7 Å². The van der Waals surface area contributed by atoms with Gasteiger partial charge < -0.3 is 0 Å². The molecule has 0 aliphatic carbocycles. The van der Waals surface area contributed by atoms with Crippen LogP contribution in [0.25, 0.3) is 0 Å². The number of benzene rings is 1. The van der Waals surface area contributed by atoms with Gasteiger partial charge in [-0.3, -0.25) is 4.84 Å². The summed E-state index contributed by atoms with van der Waals surface area (Å²) in [5.41, 5.74) is 1.32. The van der Waals surface area contributed by atoms with E-state index >= 15 is 0 Å². The van der Waals surface area contributed by atoms with E-state index in [4.69, 9.17) is 4.84 Å². The lowest BCUT2D eigenvalue weighted by atomic mass is 10.2. The average molecular weight is 165 g/mol. The third kappa shape index (κ3) is 3.51. The van der Waals surface area contributed by atoms with E-state index in [9.17, 15) is 0 Å². The van der Waals surface area contributed by atoms with Crippen molar-refractivity contribution in [1.82, 2.24) is 5.06 Å². The van der Waals surface area contributed by atoms with Crippen molar-refractivity contribution in [3.63, 3.8) is 0 Å². The molecule has 0 spiro atoms. The lowest BCUT2D eigenvalue weighted by Crippen LogP contribution is -2.14. The maximum atomic E-state index is 5.28. The molecule has 0 atom stereocenters. The van der Waals surface area contributed by atoms with Crippen LogP contribution >= 0.6 is 0 Å². The number of hydroxylamine groups is 2. The van der Waals surface area contributed by atoms with Gasteiger partial charge in [-0.15, -0.1) is 0 Å². The topological polar surface area (TPSA) is 12.5 Å².